The molecule has 0 saturated carbocycles. The fourth-order valence-electron chi connectivity index (χ4n) is 1.41. The Morgan fingerprint density at radius 2 is 1.62 bits per heavy atom. The second kappa shape index (κ2) is 6.67. The van der Waals surface area contributed by atoms with E-state index in [0.717, 1.165) is 0 Å². The smallest absolute Gasteiger partial charge is 0.426 e. The van der Waals surface area contributed by atoms with Gasteiger partial charge in [0.25, 0.3) is 5.60 Å². The van der Waals surface area contributed by atoms with Crippen LogP contribution in [0.15, 0.2) is 12.2 Å². The Morgan fingerprint density at radius 3 is 1.90 bits per heavy atom. The van der Waals surface area contributed by atoms with Crippen LogP contribution in [0.3, 0.4) is 0 Å². The van der Waals surface area contributed by atoms with Gasteiger partial charge in [0.05, 0.1) is 0 Å². The molecular formula is C12H16F6O3. The molecular weight excluding hydrogens is 306 g/mol. The molecule has 0 radical (unpaired) electrons. The Morgan fingerprint density at radius 1 is 1.19 bits per heavy atom. The summed E-state index contributed by atoms with van der Waals surface area (Å²) < 4.78 is 79.4. The van der Waals surface area contributed by atoms with Crippen molar-refractivity contribution in [2.45, 2.75) is 57.2 Å². The van der Waals surface area contributed by atoms with Gasteiger partial charge < -0.3 is 9.84 Å². The summed E-state index contributed by atoms with van der Waals surface area (Å²) in [4.78, 5) is 11.2. The summed E-state index contributed by atoms with van der Waals surface area (Å²) in [6.45, 7) is 5.96. The van der Waals surface area contributed by atoms with E-state index < -0.39 is 42.9 Å². The number of carbonyl (C=O) groups excluding carboxylic acids is 1. The predicted molar refractivity (Wildman–Crippen MR) is 61.3 cm³/mol. The van der Waals surface area contributed by atoms with Gasteiger partial charge in [0, 0.05) is 5.57 Å². The summed E-state index contributed by atoms with van der Waals surface area (Å²) in [5.41, 5.74) is -4.86. The van der Waals surface area contributed by atoms with Crippen LogP contribution in [0, 0.1) is 0 Å². The Bertz CT molecular complexity index is 371. The molecule has 3 nitrogen and oxygen atoms in total. The van der Waals surface area contributed by atoms with E-state index in [-0.39, 0.29) is 12.0 Å². The summed E-state index contributed by atoms with van der Waals surface area (Å²) >= 11 is 0. The van der Waals surface area contributed by atoms with Crippen LogP contribution in [-0.4, -0.2) is 35.1 Å². The van der Waals surface area contributed by atoms with E-state index >= 15 is 0 Å². The van der Waals surface area contributed by atoms with Gasteiger partial charge in [-0.05, 0) is 26.2 Å². The number of ether oxygens (including phenoxy) is 1. The minimum Gasteiger partial charge on any atom is -0.459 e. The topological polar surface area (TPSA) is 46.5 Å². The summed E-state index contributed by atoms with van der Waals surface area (Å²) in [6.07, 6.45) is -15.4. The van der Waals surface area contributed by atoms with Crippen molar-refractivity contribution >= 4 is 5.97 Å². The summed E-state index contributed by atoms with van der Waals surface area (Å²) in [5, 5.41) is 8.96. The monoisotopic (exact) mass is 322 g/mol. The van der Waals surface area contributed by atoms with Crippen LogP contribution < -0.4 is 0 Å². The first kappa shape index (κ1) is 19.8. The van der Waals surface area contributed by atoms with Crippen molar-refractivity contribution in [1.29, 1.82) is 0 Å². The molecule has 1 unspecified atom stereocenters. The van der Waals surface area contributed by atoms with Crippen LogP contribution in [0.5, 0.6) is 0 Å². The number of halogens is 6. The quantitative estimate of drug-likeness (QED) is 0.462. The first-order chi connectivity index (χ1) is 9.26. The van der Waals surface area contributed by atoms with Crippen LogP contribution >= 0.6 is 0 Å². The summed E-state index contributed by atoms with van der Waals surface area (Å²) in [7, 11) is 0. The average Bonchev–Trinajstić information content (AvgIpc) is 2.30. The maximum atomic E-state index is 12.5. The van der Waals surface area contributed by atoms with Crippen molar-refractivity contribution in [3.8, 4) is 0 Å². The first-order valence-corrected chi connectivity index (χ1v) is 5.98. The van der Waals surface area contributed by atoms with Gasteiger partial charge in [-0.2, -0.15) is 26.3 Å². The van der Waals surface area contributed by atoms with Crippen LogP contribution in [0.2, 0.25) is 0 Å². The van der Waals surface area contributed by atoms with Crippen molar-refractivity contribution in [2.75, 3.05) is 0 Å². The highest BCUT2D eigenvalue weighted by Crippen LogP contribution is 2.46. The fraction of sp³-hybridized carbons (Fsp3) is 0.750. The minimum atomic E-state index is -5.87. The van der Waals surface area contributed by atoms with Gasteiger partial charge in [0.2, 0.25) is 0 Å². The molecule has 0 heterocycles. The molecule has 124 valence electrons. The molecule has 21 heavy (non-hydrogen) atoms. The van der Waals surface area contributed by atoms with E-state index in [9.17, 15) is 31.1 Å². The molecule has 0 aliphatic carbocycles. The standard InChI is InChI=1S/C12H16F6O3/c1-4-8(21-9(19)7(2)3)5-6-10(20,11(13,14)15)12(16,17)18/h8,20H,2,4-6H2,1,3H3. The highest BCUT2D eigenvalue weighted by Gasteiger charge is 2.69. The van der Waals surface area contributed by atoms with Crippen LogP contribution in [0.4, 0.5) is 26.3 Å². The van der Waals surface area contributed by atoms with Gasteiger partial charge in [0.15, 0.2) is 0 Å². The molecule has 9 heteroatoms. The highest BCUT2D eigenvalue weighted by atomic mass is 19.4. The Kier molecular flexibility index (Phi) is 6.28. The normalized spacial score (nSPS) is 14.7. The number of aliphatic hydroxyl groups is 1. The lowest BCUT2D eigenvalue weighted by Gasteiger charge is -2.33. The van der Waals surface area contributed by atoms with Gasteiger partial charge >= 0.3 is 18.3 Å². The maximum Gasteiger partial charge on any atom is 0.426 e. The Balaban J connectivity index is 4.98. The largest absolute Gasteiger partial charge is 0.459 e. The van der Waals surface area contributed by atoms with E-state index in [1.54, 1.807) is 0 Å². The third kappa shape index (κ3) is 4.90. The van der Waals surface area contributed by atoms with Crippen molar-refractivity contribution < 1.29 is 41.0 Å². The second-order valence-corrected chi connectivity index (χ2v) is 4.61. The molecule has 0 aromatic carbocycles. The molecule has 0 fully saturated rings. The third-order valence-corrected chi connectivity index (χ3v) is 2.84. The fourth-order valence-corrected chi connectivity index (χ4v) is 1.41. The van der Waals surface area contributed by atoms with Gasteiger partial charge in [-0.25, -0.2) is 4.79 Å². The highest BCUT2D eigenvalue weighted by molar-refractivity contribution is 5.87. The molecule has 0 saturated heterocycles. The number of carbonyl (C=O) groups is 1. The number of rotatable bonds is 6. The molecule has 1 N–H and O–H groups in total. The van der Waals surface area contributed by atoms with Crippen LogP contribution in [0.1, 0.15) is 33.1 Å². The minimum absolute atomic E-state index is 0.00478. The lowest BCUT2D eigenvalue weighted by Crippen LogP contribution is -2.57. The molecule has 1 atom stereocenters. The molecule has 0 aliphatic rings. The summed E-state index contributed by atoms with van der Waals surface area (Å²) in [5.74, 6) is -0.913. The number of hydrogen-bond acceptors (Lipinski definition) is 3. The zero-order valence-corrected chi connectivity index (χ0v) is 11.4. The molecule has 0 aliphatic heterocycles. The number of hydrogen-bond donors (Lipinski definition) is 1. The number of alkyl halides is 6. The van der Waals surface area contributed by atoms with Gasteiger partial charge in [0.1, 0.15) is 6.10 Å². The van der Waals surface area contributed by atoms with Gasteiger partial charge in [-0.15, -0.1) is 0 Å². The molecule has 0 rings (SSSR count). The lowest BCUT2D eigenvalue weighted by molar-refractivity contribution is -0.370. The van der Waals surface area contributed by atoms with E-state index in [4.69, 9.17) is 9.84 Å². The lowest BCUT2D eigenvalue weighted by atomic mass is 9.93. The SMILES string of the molecule is C=C(C)C(=O)OC(CC)CCC(O)(C(F)(F)F)C(F)(F)F. The van der Waals surface area contributed by atoms with Gasteiger partial charge in [-0.1, -0.05) is 13.5 Å². The van der Waals surface area contributed by atoms with E-state index in [1.165, 1.54) is 13.8 Å². The van der Waals surface area contributed by atoms with Crippen molar-refractivity contribution in [2.24, 2.45) is 0 Å². The van der Waals surface area contributed by atoms with Crippen LogP contribution in [0.25, 0.3) is 0 Å². The van der Waals surface area contributed by atoms with E-state index in [1.807, 2.05) is 0 Å². The molecule has 0 aromatic rings. The second-order valence-electron chi connectivity index (χ2n) is 4.61. The maximum absolute atomic E-state index is 12.5. The van der Waals surface area contributed by atoms with Crippen molar-refractivity contribution in [1.82, 2.24) is 0 Å². The molecule has 0 spiro atoms. The predicted octanol–water partition coefficient (Wildman–Crippen LogP) is 3.52. The van der Waals surface area contributed by atoms with Crippen LogP contribution in [-0.2, 0) is 9.53 Å². The Hall–Kier alpha value is -1.25. The third-order valence-electron chi connectivity index (χ3n) is 2.84. The van der Waals surface area contributed by atoms with E-state index in [2.05, 4.69) is 6.58 Å². The zero-order chi connectivity index (χ0) is 17.1. The number of esters is 1. The van der Waals surface area contributed by atoms with Crippen molar-refractivity contribution in [3.05, 3.63) is 12.2 Å². The van der Waals surface area contributed by atoms with Gasteiger partial charge in [-0.3, -0.25) is 0 Å². The van der Waals surface area contributed by atoms with E-state index in [0.29, 0.717) is 0 Å². The average molecular weight is 322 g/mol. The molecule has 0 bridgehead atoms. The Labute approximate surface area is 117 Å². The van der Waals surface area contributed by atoms with Crippen molar-refractivity contribution in [3.63, 3.8) is 0 Å². The summed E-state index contributed by atoms with van der Waals surface area (Å²) in [6, 6.07) is 0. The molecule has 0 amide bonds. The molecule has 0 aromatic heterocycles. The first-order valence-electron chi connectivity index (χ1n) is 5.98. The zero-order valence-electron chi connectivity index (χ0n) is 11.4.